The fraction of sp³-hybridized carbons (Fsp3) is 0.900. The number of nitrogens with one attached hydrogen (secondary N) is 1. The summed E-state index contributed by atoms with van der Waals surface area (Å²) < 4.78 is 0. The maximum Gasteiger partial charge on any atom is 0.317 e. The van der Waals surface area contributed by atoms with Gasteiger partial charge >= 0.3 is 6.03 Å². The van der Waals surface area contributed by atoms with Gasteiger partial charge in [-0.3, -0.25) is 0 Å². The van der Waals surface area contributed by atoms with Gasteiger partial charge in [-0.1, -0.05) is 20.3 Å². The Morgan fingerprint density at radius 2 is 1.92 bits per heavy atom. The second kappa shape index (κ2) is 7.90. The first-order valence-electron chi connectivity index (χ1n) is 5.29. The first-order valence-corrected chi connectivity index (χ1v) is 5.29. The molecule has 0 radical (unpaired) electrons. The van der Waals surface area contributed by atoms with Gasteiger partial charge in [0, 0.05) is 19.6 Å². The maximum absolute atomic E-state index is 11.1. The molecule has 1 aliphatic heterocycles. The van der Waals surface area contributed by atoms with Gasteiger partial charge < -0.3 is 10.2 Å². The standard InChI is InChI=1S/C7H14N2O.C3H8/c1-2-9-6-4-3-5-8-7(9)10;1-3-2/h2-6H2,1H3,(H,8,10);3H2,1-2H3. The number of amides is 2. The van der Waals surface area contributed by atoms with E-state index in [1.54, 1.807) is 0 Å². The van der Waals surface area contributed by atoms with Crippen LogP contribution in [0.1, 0.15) is 40.0 Å². The summed E-state index contributed by atoms with van der Waals surface area (Å²) in [5, 5.41) is 2.83. The summed E-state index contributed by atoms with van der Waals surface area (Å²) in [6, 6.07) is 0.0972. The summed E-state index contributed by atoms with van der Waals surface area (Å²) in [6.45, 7) is 8.84. The normalized spacial score (nSPS) is 16.8. The molecule has 1 N–H and O–H groups in total. The molecule has 0 aromatic rings. The molecule has 0 unspecified atom stereocenters. The molecule has 0 aromatic heterocycles. The zero-order valence-electron chi connectivity index (χ0n) is 9.10. The number of hydrogen-bond acceptors (Lipinski definition) is 1. The van der Waals surface area contributed by atoms with Gasteiger partial charge in [-0.15, -0.1) is 0 Å². The molecule has 2 amide bonds. The summed E-state index contributed by atoms with van der Waals surface area (Å²) in [5.41, 5.74) is 0. The highest BCUT2D eigenvalue weighted by molar-refractivity contribution is 5.74. The van der Waals surface area contributed by atoms with Gasteiger partial charge in [0.2, 0.25) is 0 Å². The summed E-state index contributed by atoms with van der Waals surface area (Å²) in [4.78, 5) is 12.9. The van der Waals surface area contributed by atoms with Crippen LogP contribution < -0.4 is 5.32 Å². The number of carbonyl (C=O) groups is 1. The second-order valence-corrected chi connectivity index (χ2v) is 3.23. The van der Waals surface area contributed by atoms with Crippen molar-refractivity contribution in [1.29, 1.82) is 0 Å². The quantitative estimate of drug-likeness (QED) is 0.669. The van der Waals surface area contributed by atoms with E-state index in [1.165, 1.54) is 6.42 Å². The highest BCUT2D eigenvalue weighted by atomic mass is 16.2. The third kappa shape index (κ3) is 5.50. The summed E-state index contributed by atoms with van der Waals surface area (Å²) in [5.74, 6) is 0. The van der Waals surface area contributed by atoms with Crippen molar-refractivity contribution < 1.29 is 4.79 Å². The first kappa shape index (κ1) is 12.3. The van der Waals surface area contributed by atoms with Crippen molar-refractivity contribution in [3.8, 4) is 0 Å². The highest BCUT2D eigenvalue weighted by Gasteiger charge is 2.12. The Kier molecular flexibility index (Phi) is 7.45. The van der Waals surface area contributed by atoms with E-state index < -0.39 is 0 Å². The van der Waals surface area contributed by atoms with Gasteiger partial charge in [-0.25, -0.2) is 4.79 Å². The Bertz CT molecular complexity index is 137. The topological polar surface area (TPSA) is 32.3 Å². The van der Waals surface area contributed by atoms with Crippen LogP contribution in [0.15, 0.2) is 0 Å². The average Bonchev–Trinajstić information content (AvgIpc) is 2.31. The van der Waals surface area contributed by atoms with E-state index in [4.69, 9.17) is 0 Å². The highest BCUT2D eigenvalue weighted by Crippen LogP contribution is 1.99. The number of urea groups is 1. The van der Waals surface area contributed by atoms with Gasteiger partial charge in [-0.05, 0) is 19.8 Å². The molecular formula is C10H22N2O. The molecule has 0 bridgehead atoms. The zero-order chi connectivity index (χ0) is 10.1. The molecule has 1 fully saturated rings. The fourth-order valence-electron chi connectivity index (χ4n) is 1.14. The van der Waals surface area contributed by atoms with Crippen LogP contribution >= 0.6 is 0 Å². The monoisotopic (exact) mass is 186 g/mol. The lowest BCUT2D eigenvalue weighted by molar-refractivity contribution is 0.205. The van der Waals surface area contributed by atoms with Crippen LogP contribution in [0, 0.1) is 0 Å². The van der Waals surface area contributed by atoms with Gasteiger partial charge in [0.05, 0.1) is 0 Å². The third-order valence-corrected chi connectivity index (χ3v) is 1.80. The lowest BCUT2D eigenvalue weighted by atomic mass is 10.3. The van der Waals surface area contributed by atoms with Crippen molar-refractivity contribution in [2.75, 3.05) is 19.6 Å². The SMILES string of the molecule is CCC.CCN1CCCCNC1=O. The molecule has 0 spiro atoms. The van der Waals surface area contributed by atoms with Crippen LogP contribution in [0.2, 0.25) is 0 Å². The van der Waals surface area contributed by atoms with Crippen molar-refractivity contribution in [3.63, 3.8) is 0 Å². The van der Waals surface area contributed by atoms with Crippen molar-refractivity contribution in [3.05, 3.63) is 0 Å². The Morgan fingerprint density at radius 1 is 1.31 bits per heavy atom. The van der Waals surface area contributed by atoms with Crippen LogP contribution in [0.4, 0.5) is 4.79 Å². The summed E-state index contributed by atoms with van der Waals surface area (Å²) >= 11 is 0. The molecule has 1 aliphatic rings. The number of hydrogen-bond donors (Lipinski definition) is 1. The predicted molar refractivity (Wildman–Crippen MR) is 55.8 cm³/mol. The Balaban J connectivity index is 0.000000424. The van der Waals surface area contributed by atoms with Gasteiger partial charge in [0.25, 0.3) is 0 Å². The number of carbonyl (C=O) groups excluding carboxylic acids is 1. The zero-order valence-corrected chi connectivity index (χ0v) is 9.10. The van der Waals surface area contributed by atoms with E-state index in [0.29, 0.717) is 0 Å². The van der Waals surface area contributed by atoms with E-state index >= 15 is 0 Å². The van der Waals surface area contributed by atoms with Gasteiger partial charge in [-0.2, -0.15) is 0 Å². The lowest BCUT2D eigenvalue weighted by Gasteiger charge is -2.16. The molecule has 3 nitrogen and oxygen atoms in total. The molecule has 78 valence electrons. The number of nitrogens with zero attached hydrogens (tertiary/aromatic N) is 1. The van der Waals surface area contributed by atoms with Crippen LogP contribution in [0.5, 0.6) is 0 Å². The summed E-state index contributed by atoms with van der Waals surface area (Å²) in [6.07, 6.45) is 3.49. The van der Waals surface area contributed by atoms with Crippen molar-refractivity contribution in [2.45, 2.75) is 40.0 Å². The lowest BCUT2D eigenvalue weighted by Crippen LogP contribution is -2.37. The molecular weight excluding hydrogens is 164 g/mol. The van der Waals surface area contributed by atoms with Crippen molar-refractivity contribution in [2.24, 2.45) is 0 Å². The van der Waals surface area contributed by atoms with Crippen LogP contribution in [-0.2, 0) is 0 Å². The molecule has 0 atom stereocenters. The van der Waals surface area contributed by atoms with E-state index in [-0.39, 0.29) is 6.03 Å². The van der Waals surface area contributed by atoms with E-state index in [1.807, 2.05) is 11.8 Å². The Labute approximate surface area is 81.5 Å². The average molecular weight is 186 g/mol. The molecule has 3 heteroatoms. The Hall–Kier alpha value is -0.730. The Morgan fingerprint density at radius 3 is 2.46 bits per heavy atom. The molecule has 1 saturated heterocycles. The van der Waals surface area contributed by atoms with E-state index in [0.717, 1.165) is 32.5 Å². The van der Waals surface area contributed by atoms with Crippen molar-refractivity contribution in [1.82, 2.24) is 10.2 Å². The summed E-state index contributed by atoms with van der Waals surface area (Å²) in [7, 11) is 0. The molecule has 0 aromatic carbocycles. The fourth-order valence-corrected chi connectivity index (χ4v) is 1.14. The molecule has 13 heavy (non-hydrogen) atoms. The largest absolute Gasteiger partial charge is 0.338 e. The first-order chi connectivity index (χ1) is 6.26. The molecule has 0 saturated carbocycles. The van der Waals surface area contributed by atoms with Gasteiger partial charge in [0.15, 0.2) is 0 Å². The van der Waals surface area contributed by atoms with E-state index in [2.05, 4.69) is 19.2 Å². The molecule has 1 rings (SSSR count). The van der Waals surface area contributed by atoms with Gasteiger partial charge in [0.1, 0.15) is 0 Å². The van der Waals surface area contributed by atoms with E-state index in [9.17, 15) is 4.79 Å². The van der Waals surface area contributed by atoms with Crippen LogP contribution in [0.3, 0.4) is 0 Å². The minimum absolute atomic E-state index is 0.0972. The minimum Gasteiger partial charge on any atom is -0.338 e. The smallest absolute Gasteiger partial charge is 0.317 e. The third-order valence-electron chi connectivity index (χ3n) is 1.80. The maximum atomic E-state index is 11.1. The minimum atomic E-state index is 0.0972. The van der Waals surface area contributed by atoms with Crippen LogP contribution in [0.25, 0.3) is 0 Å². The van der Waals surface area contributed by atoms with Crippen LogP contribution in [-0.4, -0.2) is 30.6 Å². The molecule has 1 heterocycles. The second-order valence-electron chi connectivity index (χ2n) is 3.23. The molecule has 0 aliphatic carbocycles. The van der Waals surface area contributed by atoms with Crippen molar-refractivity contribution >= 4 is 6.03 Å². The predicted octanol–water partition coefficient (Wildman–Crippen LogP) is 2.23. The number of rotatable bonds is 1.